The van der Waals surface area contributed by atoms with Crippen molar-refractivity contribution in [2.45, 2.75) is 13.0 Å². The van der Waals surface area contributed by atoms with Crippen molar-refractivity contribution in [2.75, 3.05) is 12.4 Å². The number of aryl methyl sites for hydroxylation is 1. The van der Waals surface area contributed by atoms with E-state index in [1.54, 1.807) is 13.3 Å². The van der Waals surface area contributed by atoms with Gasteiger partial charge in [0, 0.05) is 28.8 Å². The van der Waals surface area contributed by atoms with Crippen LogP contribution in [0.4, 0.5) is 5.82 Å². The number of pyridine rings is 2. The van der Waals surface area contributed by atoms with E-state index in [-0.39, 0.29) is 11.8 Å². The zero-order valence-electron chi connectivity index (χ0n) is 15.8. The molecule has 1 atom stereocenters. The van der Waals surface area contributed by atoms with Crippen molar-refractivity contribution >= 4 is 16.7 Å². The lowest BCUT2D eigenvalue weighted by molar-refractivity contribution is -0.361. The number of hydrogen-bond donors (Lipinski definition) is 2. The molecule has 0 spiro atoms. The lowest BCUT2D eigenvalue weighted by atomic mass is 9.95. The minimum absolute atomic E-state index is 0.161. The van der Waals surface area contributed by atoms with Crippen molar-refractivity contribution in [3.63, 3.8) is 0 Å². The highest BCUT2D eigenvalue weighted by atomic mass is 16.5. The third-order valence-corrected chi connectivity index (χ3v) is 4.80. The summed E-state index contributed by atoms with van der Waals surface area (Å²) in [6.07, 6.45) is 3.57. The van der Waals surface area contributed by atoms with Crippen LogP contribution in [0.5, 0.6) is 11.5 Å². The van der Waals surface area contributed by atoms with Crippen LogP contribution in [0.25, 0.3) is 10.9 Å². The molecule has 2 heterocycles. The molecule has 0 saturated heterocycles. The van der Waals surface area contributed by atoms with Crippen LogP contribution >= 0.6 is 0 Å². The smallest absolute Gasteiger partial charge is 0.273 e. The number of aromatic nitrogens is 2. The Hall–Kier alpha value is -3.60. The van der Waals surface area contributed by atoms with Crippen molar-refractivity contribution in [3.05, 3.63) is 89.7 Å². The number of phenols is 1. The van der Waals surface area contributed by atoms with Gasteiger partial charge in [0.15, 0.2) is 6.04 Å². The van der Waals surface area contributed by atoms with Gasteiger partial charge in [-0.2, -0.15) is 0 Å². The van der Waals surface area contributed by atoms with Gasteiger partial charge in [-0.05, 0) is 36.8 Å². The Morgan fingerprint density at radius 3 is 2.71 bits per heavy atom. The molecular weight excluding hydrogens is 350 g/mol. The number of phenolic OH excluding ortho intramolecular Hbond substituents is 1. The first kappa shape index (κ1) is 17.8. The van der Waals surface area contributed by atoms with Crippen LogP contribution in [0.1, 0.15) is 22.7 Å². The lowest BCUT2D eigenvalue weighted by Crippen LogP contribution is -2.19. The molecule has 4 rings (SSSR count). The largest absolute Gasteiger partial charge is 0.505 e. The number of fused-ring (bicyclic) bond motifs is 1. The molecule has 0 aliphatic rings. The summed E-state index contributed by atoms with van der Waals surface area (Å²) in [6.45, 7) is 2.04. The first-order chi connectivity index (χ1) is 13.7. The van der Waals surface area contributed by atoms with E-state index in [2.05, 4.69) is 15.3 Å². The number of para-hydroxylation sites is 1. The second-order valence-electron chi connectivity index (χ2n) is 6.68. The van der Waals surface area contributed by atoms with E-state index in [0.29, 0.717) is 5.52 Å². The fourth-order valence-electron chi connectivity index (χ4n) is 3.43. The molecule has 28 heavy (non-hydrogen) atoms. The number of ether oxygens (including phenoxy) is 1. The Bertz CT molecular complexity index is 1130. The molecule has 0 radical (unpaired) electrons. The van der Waals surface area contributed by atoms with Crippen molar-refractivity contribution in [3.8, 4) is 11.5 Å². The van der Waals surface area contributed by atoms with Crippen molar-refractivity contribution in [1.29, 1.82) is 0 Å². The van der Waals surface area contributed by atoms with Crippen LogP contribution in [-0.2, 0) is 0 Å². The second kappa shape index (κ2) is 7.56. The molecule has 2 aromatic carbocycles. The number of benzene rings is 2. The predicted molar refractivity (Wildman–Crippen MR) is 110 cm³/mol. The van der Waals surface area contributed by atoms with Gasteiger partial charge in [0.1, 0.15) is 17.0 Å². The number of methoxy groups -OCH3 is 1. The molecule has 0 bridgehead atoms. The topological polar surface area (TPSA) is 68.5 Å². The van der Waals surface area contributed by atoms with Gasteiger partial charge in [-0.1, -0.05) is 30.3 Å². The minimum Gasteiger partial charge on any atom is -0.505 e. The molecule has 0 saturated carbocycles. The molecule has 0 amide bonds. The van der Waals surface area contributed by atoms with Gasteiger partial charge in [-0.15, -0.1) is 0 Å². The molecule has 140 valence electrons. The van der Waals surface area contributed by atoms with Gasteiger partial charge in [-0.25, -0.2) is 4.98 Å². The molecule has 0 fully saturated rings. The SMILES string of the molecule is COc1ccccc1[C@H](Nc1cc(C)cc[nH+]1)c1ccc2cccnc2c1O. The maximum absolute atomic E-state index is 11.0. The quantitative estimate of drug-likeness (QED) is 0.549. The number of nitrogens with zero attached hydrogens (tertiary/aromatic N) is 1. The first-order valence-electron chi connectivity index (χ1n) is 9.12. The van der Waals surface area contributed by atoms with Gasteiger partial charge in [-0.3, -0.25) is 10.3 Å². The average molecular weight is 372 g/mol. The molecular formula is C23H22N3O2+. The summed E-state index contributed by atoms with van der Waals surface area (Å²) in [4.78, 5) is 7.59. The minimum atomic E-state index is -0.333. The van der Waals surface area contributed by atoms with Crippen LogP contribution in [0.2, 0.25) is 0 Å². The highest BCUT2D eigenvalue weighted by molar-refractivity contribution is 5.86. The maximum Gasteiger partial charge on any atom is 0.273 e. The summed E-state index contributed by atoms with van der Waals surface area (Å²) >= 11 is 0. The van der Waals surface area contributed by atoms with E-state index in [1.807, 2.05) is 73.8 Å². The maximum atomic E-state index is 11.0. The molecule has 0 unspecified atom stereocenters. The number of anilines is 1. The van der Waals surface area contributed by atoms with E-state index >= 15 is 0 Å². The average Bonchev–Trinajstić information content (AvgIpc) is 2.73. The molecule has 5 nitrogen and oxygen atoms in total. The molecule has 0 aliphatic carbocycles. The summed E-state index contributed by atoms with van der Waals surface area (Å²) in [5, 5.41) is 15.4. The molecule has 3 N–H and O–H groups in total. The Balaban J connectivity index is 1.89. The molecule has 2 aromatic heterocycles. The summed E-state index contributed by atoms with van der Waals surface area (Å²) in [6, 6.07) is 19.2. The fourth-order valence-corrected chi connectivity index (χ4v) is 3.43. The number of rotatable bonds is 5. The van der Waals surface area contributed by atoms with Gasteiger partial charge in [0.05, 0.1) is 13.3 Å². The van der Waals surface area contributed by atoms with E-state index in [0.717, 1.165) is 33.6 Å². The summed E-state index contributed by atoms with van der Waals surface area (Å²) < 4.78 is 5.59. The Labute approximate surface area is 163 Å². The van der Waals surface area contributed by atoms with Crippen molar-refractivity contribution < 1.29 is 14.8 Å². The standard InChI is InChI=1S/C23H21N3O2/c1-15-11-13-24-20(14-15)26-22(17-7-3-4-8-19(17)28-2)18-10-9-16-6-5-12-25-21(16)23(18)27/h3-14,22,27H,1-2H3,(H,24,26)/p+1/t22-/m0/s1. The summed E-state index contributed by atoms with van der Waals surface area (Å²) in [5.41, 5.74) is 3.36. The normalized spacial score (nSPS) is 11.9. The number of H-pyrrole nitrogens is 1. The van der Waals surface area contributed by atoms with Crippen molar-refractivity contribution in [2.24, 2.45) is 0 Å². The van der Waals surface area contributed by atoms with Gasteiger partial charge in [0.25, 0.3) is 5.82 Å². The van der Waals surface area contributed by atoms with Crippen LogP contribution in [0, 0.1) is 6.92 Å². The van der Waals surface area contributed by atoms with Gasteiger partial charge < -0.3 is 9.84 Å². The number of nitrogens with one attached hydrogen (secondary N) is 2. The molecule has 0 aliphatic heterocycles. The van der Waals surface area contributed by atoms with Crippen LogP contribution in [0.15, 0.2) is 73.1 Å². The number of hydrogen-bond acceptors (Lipinski definition) is 4. The molecule has 5 heteroatoms. The molecule has 4 aromatic rings. The van der Waals surface area contributed by atoms with Gasteiger partial charge in [0.2, 0.25) is 0 Å². The number of aromatic hydroxyl groups is 1. The van der Waals surface area contributed by atoms with Crippen LogP contribution in [-0.4, -0.2) is 17.2 Å². The van der Waals surface area contributed by atoms with Gasteiger partial charge >= 0.3 is 0 Å². The monoisotopic (exact) mass is 372 g/mol. The zero-order valence-corrected chi connectivity index (χ0v) is 15.8. The van der Waals surface area contributed by atoms with E-state index in [4.69, 9.17) is 4.74 Å². The third-order valence-electron chi connectivity index (χ3n) is 4.80. The number of aromatic amines is 1. The lowest BCUT2D eigenvalue weighted by Gasteiger charge is -2.19. The van der Waals surface area contributed by atoms with E-state index < -0.39 is 0 Å². The Morgan fingerprint density at radius 2 is 1.89 bits per heavy atom. The third kappa shape index (κ3) is 3.34. The summed E-state index contributed by atoms with van der Waals surface area (Å²) in [7, 11) is 1.65. The van der Waals surface area contributed by atoms with Crippen LogP contribution < -0.4 is 15.0 Å². The second-order valence-corrected chi connectivity index (χ2v) is 6.68. The van der Waals surface area contributed by atoms with Crippen molar-refractivity contribution in [1.82, 2.24) is 4.98 Å². The zero-order chi connectivity index (χ0) is 19.5. The highest BCUT2D eigenvalue weighted by Crippen LogP contribution is 2.38. The first-order valence-corrected chi connectivity index (χ1v) is 9.12. The fraction of sp³-hybridized carbons (Fsp3) is 0.130. The van der Waals surface area contributed by atoms with Crippen LogP contribution in [0.3, 0.4) is 0 Å². The Kier molecular flexibility index (Phi) is 4.81. The summed E-state index contributed by atoms with van der Waals surface area (Å²) in [5.74, 6) is 1.75. The Morgan fingerprint density at radius 1 is 1.04 bits per heavy atom. The van der Waals surface area contributed by atoms with E-state index in [9.17, 15) is 5.11 Å². The van der Waals surface area contributed by atoms with E-state index in [1.165, 1.54) is 0 Å². The highest BCUT2D eigenvalue weighted by Gasteiger charge is 2.26. The predicted octanol–water partition coefficient (Wildman–Crippen LogP) is 4.27.